The smallest absolute Gasteiger partial charge is 0.244 e. The highest BCUT2D eigenvalue weighted by molar-refractivity contribution is 5.95. The topological polar surface area (TPSA) is 91.1 Å². The Morgan fingerprint density at radius 3 is 2.30 bits per heavy atom. The van der Waals surface area contributed by atoms with Crippen LogP contribution in [-0.2, 0) is 20.8 Å². The van der Waals surface area contributed by atoms with Gasteiger partial charge in [0.25, 0.3) is 0 Å². The fourth-order valence-corrected chi connectivity index (χ4v) is 4.87. The van der Waals surface area contributed by atoms with Crippen molar-refractivity contribution in [3.63, 3.8) is 0 Å². The Balaban J connectivity index is 1.41. The number of fused-ring (bicyclic) bond motifs is 1. The lowest BCUT2D eigenvalue weighted by Gasteiger charge is -2.18. The van der Waals surface area contributed by atoms with Crippen LogP contribution in [0.2, 0.25) is 0 Å². The molecular weight excluding hydrogens is 498 g/mol. The summed E-state index contributed by atoms with van der Waals surface area (Å²) in [5, 5.41) is 7.08. The number of benzene rings is 3. The molecule has 0 saturated heterocycles. The van der Waals surface area contributed by atoms with Crippen molar-refractivity contribution in [1.29, 1.82) is 0 Å². The maximum Gasteiger partial charge on any atom is 0.244 e. The molecule has 0 radical (unpaired) electrons. The van der Waals surface area contributed by atoms with E-state index in [1.807, 2.05) is 60.7 Å². The van der Waals surface area contributed by atoms with Crippen molar-refractivity contribution in [1.82, 2.24) is 15.6 Å². The molecule has 1 atom stereocenters. The maximum atomic E-state index is 13.3. The number of aromatic nitrogens is 1. The molecule has 0 saturated carbocycles. The second-order valence-electron chi connectivity index (χ2n) is 10.0. The summed E-state index contributed by atoms with van der Waals surface area (Å²) >= 11 is 0. The van der Waals surface area contributed by atoms with E-state index < -0.39 is 6.04 Å². The quantitative estimate of drug-likeness (QED) is 0.132. The molecule has 2 amide bonds. The average molecular weight is 536 g/mol. The van der Waals surface area contributed by atoms with Crippen molar-refractivity contribution < 1.29 is 14.4 Å². The SMILES string of the molecule is CC(=O)CCCCC[C@H](NC(=O)C=Cc1ccccc1)C(=O)NCCc1c(-c2ccccc2)[nH]c2ccccc12. The molecule has 0 aliphatic rings. The highest BCUT2D eigenvalue weighted by Crippen LogP contribution is 2.30. The Hall–Kier alpha value is -4.45. The molecule has 40 heavy (non-hydrogen) atoms. The Morgan fingerprint density at radius 2 is 1.55 bits per heavy atom. The summed E-state index contributed by atoms with van der Waals surface area (Å²) < 4.78 is 0. The number of H-pyrrole nitrogens is 1. The first-order chi connectivity index (χ1) is 19.5. The van der Waals surface area contributed by atoms with Gasteiger partial charge in [0, 0.05) is 35.6 Å². The number of hydrogen-bond acceptors (Lipinski definition) is 3. The molecule has 206 valence electrons. The average Bonchev–Trinajstić information content (AvgIpc) is 3.34. The van der Waals surface area contributed by atoms with Crippen LogP contribution in [0.5, 0.6) is 0 Å². The first kappa shape index (κ1) is 28.6. The van der Waals surface area contributed by atoms with Gasteiger partial charge in [-0.2, -0.15) is 0 Å². The van der Waals surface area contributed by atoms with Gasteiger partial charge in [0.15, 0.2) is 0 Å². The summed E-state index contributed by atoms with van der Waals surface area (Å²) in [4.78, 5) is 40.8. The molecule has 3 N–H and O–H groups in total. The molecule has 1 aromatic heterocycles. The van der Waals surface area contributed by atoms with E-state index in [1.54, 1.807) is 13.0 Å². The van der Waals surface area contributed by atoms with Crippen LogP contribution in [0.1, 0.15) is 50.2 Å². The first-order valence-electron chi connectivity index (χ1n) is 14.0. The summed E-state index contributed by atoms with van der Waals surface area (Å²) in [6, 6.07) is 27.3. The van der Waals surface area contributed by atoms with Gasteiger partial charge in [0.1, 0.15) is 11.8 Å². The number of hydrogen-bond donors (Lipinski definition) is 3. The number of rotatable bonds is 14. The zero-order chi connectivity index (χ0) is 28.2. The minimum Gasteiger partial charge on any atom is -0.354 e. The highest BCUT2D eigenvalue weighted by Gasteiger charge is 2.20. The van der Waals surface area contributed by atoms with Crippen LogP contribution >= 0.6 is 0 Å². The van der Waals surface area contributed by atoms with E-state index in [9.17, 15) is 14.4 Å². The number of para-hydroxylation sites is 1. The minimum absolute atomic E-state index is 0.167. The third-order valence-corrected chi connectivity index (χ3v) is 6.93. The van der Waals surface area contributed by atoms with Crippen molar-refractivity contribution >= 4 is 34.6 Å². The monoisotopic (exact) mass is 535 g/mol. The number of amides is 2. The largest absolute Gasteiger partial charge is 0.354 e. The van der Waals surface area contributed by atoms with Crippen molar-refractivity contribution in [3.05, 3.63) is 102 Å². The van der Waals surface area contributed by atoms with Crippen LogP contribution in [0.15, 0.2) is 91.0 Å². The summed E-state index contributed by atoms with van der Waals surface area (Å²) in [5.41, 5.74) is 5.27. The van der Waals surface area contributed by atoms with Crippen molar-refractivity contribution in [2.75, 3.05) is 6.54 Å². The Morgan fingerprint density at radius 1 is 0.850 bits per heavy atom. The van der Waals surface area contributed by atoms with Gasteiger partial charge >= 0.3 is 0 Å². The van der Waals surface area contributed by atoms with Crippen molar-refractivity contribution in [2.45, 2.75) is 51.5 Å². The van der Waals surface area contributed by atoms with Crippen LogP contribution in [0.4, 0.5) is 0 Å². The molecule has 1 heterocycles. The molecule has 0 aliphatic carbocycles. The second kappa shape index (κ2) is 14.6. The zero-order valence-corrected chi connectivity index (χ0v) is 23.0. The van der Waals surface area contributed by atoms with Crippen molar-refractivity contribution in [3.8, 4) is 11.3 Å². The second-order valence-corrected chi connectivity index (χ2v) is 10.0. The molecule has 0 spiro atoms. The lowest BCUT2D eigenvalue weighted by atomic mass is 10.0. The van der Waals surface area contributed by atoms with E-state index in [2.05, 4.69) is 39.9 Å². The zero-order valence-electron chi connectivity index (χ0n) is 23.0. The number of carbonyl (C=O) groups is 3. The number of unbranched alkanes of at least 4 members (excludes halogenated alkanes) is 2. The normalized spacial score (nSPS) is 11.9. The summed E-state index contributed by atoms with van der Waals surface area (Å²) in [5.74, 6) is -0.342. The standard InChI is InChI=1S/C34H37N3O3/c1-25(38)13-5-2-10-20-31(36-32(39)22-21-26-14-6-3-7-15-26)34(40)35-24-23-29-28-18-11-12-19-30(28)37-33(29)27-16-8-4-9-17-27/h3-4,6-9,11-12,14-19,21-22,31,37H,2,5,10,13,20,23-24H2,1H3,(H,35,40)(H,36,39)/t31-/m0/s1. The van der Waals surface area contributed by atoms with Gasteiger partial charge in [-0.15, -0.1) is 0 Å². The molecule has 3 aromatic carbocycles. The molecule has 6 nitrogen and oxygen atoms in total. The first-order valence-corrected chi connectivity index (χ1v) is 14.0. The molecular formula is C34H37N3O3. The summed E-state index contributed by atoms with van der Waals surface area (Å²) in [6.45, 7) is 2.03. The molecule has 0 fully saturated rings. The number of nitrogens with one attached hydrogen (secondary N) is 3. The van der Waals surface area contributed by atoms with E-state index in [0.29, 0.717) is 25.8 Å². The number of ketones is 1. The van der Waals surface area contributed by atoms with Crippen molar-refractivity contribution in [2.24, 2.45) is 0 Å². The number of carbonyl (C=O) groups excluding carboxylic acids is 3. The van der Waals surface area contributed by atoms with Crippen LogP contribution in [0.3, 0.4) is 0 Å². The molecule has 4 rings (SSSR count). The highest BCUT2D eigenvalue weighted by atomic mass is 16.2. The predicted octanol–water partition coefficient (Wildman–Crippen LogP) is 6.23. The van der Waals surface area contributed by atoms with Gasteiger partial charge in [0.2, 0.25) is 11.8 Å². The fourth-order valence-electron chi connectivity index (χ4n) is 4.87. The van der Waals surface area contributed by atoms with Gasteiger partial charge < -0.3 is 20.4 Å². The van der Waals surface area contributed by atoms with Crippen LogP contribution in [-0.4, -0.2) is 35.2 Å². The van der Waals surface area contributed by atoms with Crippen LogP contribution in [0, 0.1) is 0 Å². The van der Waals surface area contributed by atoms with Gasteiger partial charge in [-0.05, 0) is 55.0 Å². The van der Waals surface area contributed by atoms with Crippen LogP contribution < -0.4 is 10.6 Å². The molecule has 4 aromatic rings. The molecule has 0 aliphatic heterocycles. The van der Waals surface area contributed by atoms with Gasteiger partial charge in [-0.3, -0.25) is 9.59 Å². The lowest BCUT2D eigenvalue weighted by molar-refractivity contribution is -0.127. The minimum atomic E-state index is -0.651. The lowest BCUT2D eigenvalue weighted by Crippen LogP contribution is -2.46. The Kier molecular flexibility index (Phi) is 10.4. The number of Topliss-reactive ketones (excluding diaryl/α,β-unsaturated/α-hetero) is 1. The Bertz CT molecular complexity index is 1440. The van der Waals surface area contributed by atoms with E-state index in [4.69, 9.17) is 0 Å². The predicted molar refractivity (Wildman–Crippen MR) is 162 cm³/mol. The molecule has 6 heteroatoms. The van der Waals surface area contributed by atoms with Gasteiger partial charge in [0.05, 0.1) is 0 Å². The van der Waals surface area contributed by atoms with E-state index in [0.717, 1.165) is 52.5 Å². The maximum absolute atomic E-state index is 13.3. The third kappa shape index (κ3) is 8.27. The number of aromatic amines is 1. The summed E-state index contributed by atoms with van der Waals surface area (Å²) in [6.07, 6.45) is 7.25. The molecule has 0 bridgehead atoms. The molecule has 0 unspecified atom stereocenters. The van der Waals surface area contributed by atoms with E-state index in [-0.39, 0.29) is 17.6 Å². The fraction of sp³-hybridized carbons (Fsp3) is 0.265. The third-order valence-electron chi connectivity index (χ3n) is 6.93. The van der Waals surface area contributed by atoms with Crippen LogP contribution in [0.25, 0.3) is 28.2 Å². The van der Waals surface area contributed by atoms with Gasteiger partial charge in [-0.1, -0.05) is 91.7 Å². The summed E-state index contributed by atoms with van der Waals surface area (Å²) in [7, 11) is 0. The van der Waals surface area contributed by atoms with Gasteiger partial charge in [-0.25, -0.2) is 0 Å². The van der Waals surface area contributed by atoms with E-state index in [1.165, 1.54) is 6.08 Å². The van der Waals surface area contributed by atoms with E-state index >= 15 is 0 Å². The Labute approximate surface area is 235 Å².